The molecule has 27 heavy (non-hydrogen) atoms. The molecule has 4 aliphatic heterocycles. The first-order valence-corrected chi connectivity index (χ1v) is 9.55. The van der Waals surface area contributed by atoms with Gasteiger partial charge in [0.25, 0.3) is 5.91 Å². The highest BCUT2D eigenvalue weighted by atomic mass is 19.2. The summed E-state index contributed by atoms with van der Waals surface area (Å²) in [6.07, 6.45) is 3.72. The fourth-order valence-corrected chi connectivity index (χ4v) is 5.39. The minimum atomic E-state index is -0.827. The molecule has 4 aliphatic rings. The van der Waals surface area contributed by atoms with Crippen LogP contribution >= 0.6 is 0 Å². The second-order valence-electron chi connectivity index (χ2n) is 7.98. The van der Waals surface area contributed by atoms with E-state index in [9.17, 15) is 13.6 Å². The second kappa shape index (κ2) is 6.12. The number of H-pyrrole nitrogens is 1. The van der Waals surface area contributed by atoms with Gasteiger partial charge in [0.15, 0.2) is 17.5 Å². The molecule has 7 heteroatoms. The summed E-state index contributed by atoms with van der Waals surface area (Å²) >= 11 is 0. The van der Waals surface area contributed by atoms with Gasteiger partial charge >= 0.3 is 0 Å². The van der Waals surface area contributed by atoms with Gasteiger partial charge in [-0.25, -0.2) is 13.8 Å². The Hall–Kier alpha value is -2.28. The van der Waals surface area contributed by atoms with Crippen molar-refractivity contribution in [3.8, 4) is 0 Å². The van der Waals surface area contributed by atoms with Crippen molar-refractivity contribution >= 4 is 5.91 Å². The molecule has 1 aromatic heterocycles. The van der Waals surface area contributed by atoms with Crippen LogP contribution in [0, 0.1) is 24.5 Å². The third-order valence-electron chi connectivity index (χ3n) is 6.54. The van der Waals surface area contributed by atoms with Crippen molar-refractivity contribution in [3.63, 3.8) is 0 Å². The topological polar surface area (TPSA) is 52.2 Å². The minimum absolute atomic E-state index is 0.0260. The van der Waals surface area contributed by atoms with Crippen LogP contribution in [-0.2, 0) is 0 Å². The van der Waals surface area contributed by atoms with E-state index in [1.807, 2.05) is 11.8 Å². The number of fused-ring (bicyclic) bond motifs is 2. The van der Waals surface area contributed by atoms with Gasteiger partial charge in [-0.15, -0.1) is 0 Å². The normalized spacial score (nSPS) is 32.0. The zero-order valence-electron chi connectivity index (χ0n) is 15.2. The Morgan fingerprint density at radius 1 is 1.22 bits per heavy atom. The Morgan fingerprint density at radius 3 is 2.70 bits per heavy atom. The van der Waals surface area contributed by atoms with Crippen LogP contribution in [0.3, 0.4) is 0 Å². The summed E-state index contributed by atoms with van der Waals surface area (Å²) < 4.78 is 28.5. The fraction of sp³-hybridized carbons (Fsp3) is 0.500. The summed E-state index contributed by atoms with van der Waals surface area (Å²) in [6.45, 7) is 4.17. The summed E-state index contributed by atoms with van der Waals surface area (Å²) in [7, 11) is 0. The van der Waals surface area contributed by atoms with Crippen LogP contribution in [0.25, 0.3) is 0 Å². The van der Waals surface area contributed by atoms with Crippen LogP contribution < -0.4 is 0 Å². The van der Waals surface area contributed by atoms with Crippen LogP contribution in [-0.4, -0.2) is 57.4 Å². The van der Waals surface area contributed by atoms with E-state index in [0.717, 1.165) is 37.7 Å². The van der Waals surface area contributed by atoms with E-state index in [1.165, 1.54) is 0 Å². The van der Waals surface area contributed by atoms with Gasteiger partial charge < -0.3 is 9.88 Å². The van der Waals surface area contributed by atoms with Crippen molar-refractivity contribution < 1.29 is 13.6 Å². The standard InChI is InChI=1S/C20H22F2N4O/c1-11-9-23-19(24-11)20(27)26-10-14(13-3-2-4-15(21)16(13)22)18-17(26)12-5-7-25(18)8-6-12/h2-4,9,12,14,17-18H,5-8,10H2,1H3,(H,23,24)/t14-,17-,18-/m1/s1. The number of nitrogens with one attached hydrogen (secondary N) is 1. The number of hydrogen-bond donors (Lipinski definition) is 1. The molecule has 5 heterocycles. The van der Waals surface area contributed by atoms with Crippen LogP contribution in [0.1, 0.15) is 40.6 Å². The summed E-state index contributed by atoms with van der Waals surface area (Å²) in [5.74, 6) is -1.26. The average Bonchev–Trinajstić information content (AvgIpc) is 3.30. The molecular formula is C20H22F2N4O. The first-order chi connectivity index (χ1) is 13.0. The minimum Gasteiger partial charge on any atom is -0.338 e. The zero-order valence-corrected chi connectivity index (χ0v) is 15.2. The number of rotatable bonds is 2. The molecule has 3 atom stereocenters. The maximum absolute atomic E-state index is 14.6. The number of aromatic amines is 1. The van der Waals surface area contributed by atoms with Gasteiger partial charge in [0.2, 0.25) is 0 Å². The molecule has 0 spiro atoms. The predicted molar refractivity (Wildman–Crippen MR) is 95.3 cm³/mol. The number of aromatic nitrogens is 2. The smallest absolute Gasteiger partial charge is 0.289 e. The Balaban J connectivity index is 1.56. The van der Waals surface area contributed by atoms with E-state index < -0.39 is 11.6 Å². The van der Waals surface area contributed by atoms with Gasteiger partial charge in [-0.3, -0.25) is 9.69 Å². The maximum Gasteiger partial charge on any atom is 0.289 e. The largest absolute Gasteiger partial charge is 0.338 e. The van der Waals surface area contributed by atoms with Crippen molar-refractivity contribution in [1.29, 1.82) is 0 Å². The molecule has 2 aromatic rings. The lowest BCUT2D eigenvalue weighted by Gasteiger charge is -2.51. The van der Waals surface area contributed by atoms with Gasteiger partial charge in [-0.05, 0) is 50.4 Å². The Kier molecular flexibility index (Phi) is 3.82. The summed E-state index contributed by atoms with van der Waals surface area (Å²) in [5.41, 5.74) is 1.21. The van der Waals surface area contributed by atoms with Crippen molar-refractivity contribution in [2.24, 2.45) is 5.92 Å². The molecule has 1 N–H and O–H groups in total. The van der Waals surface area contributed by atoms with Crippen LogP contribution in [0.5, 0.6) is 0 Å². The predicted octanol–water partition coefficient (Wildman–Crippen LogP) is 2.70. The first kappa shape index (κ1) is 16.9. The van der Waals surface area contributed by atoms with Gasteiger partial charge in [-0.1, -0.05) is 12.1 Å². The molecule has 142 valence electrons. The Bertz CT molecular complexity index is 890. The van der Waals surface area contributed by atoms with Gasteiger partial charge in [0.05, 0.1) is 6.04 Å². The van der Waals surface area contributed by atoms with E-state index in [0.29, 0.717) is 23.9 Å². The highest BCUT2D eigenvalue weighted by Crippen LogP contribution is 2.47. The van der Waals surface area contributed by atoms with Crippen LogP contribution in [0.2, 0.25) is 0 Å². The fourth-order valence-electron chi connectivity index (χ4n) is 5.39. The van der Waals surface area contributed by atoms with Crippen LogP contribution in [0.15, 0.2) is 24.4 Å². The number of carbonyl (C=O) groups excluding carboxylic acids is 1. The third-order valence-corrected chi connectivity index (χ3v) is 6.54. The lowest BCUT2D eigenvalue weighted by Crippen LogP contribution is -2.60. The second-order valence-corrected chi connectivity index (χ2v) is 7.98. The highest BCUT2D eigenvalue weighted by Gasteiger charge is 2.55. The van der Waals surface area contributed by atoms with Gasteiger partial charge in [0, 0.05) is 30.4 Å². The van der Waals surface area contributed by atoms with Crippen molar-refractivity contribution in [1.82, 2.24) is 19.8 Å². The number of imidazole rings is 1. The number of carbonyl (C=O) groups is 1. The number of nitrogens with zero attached hydrogens (tertiary/aromatic N) is 3. The molecule has 6 rings (SSSR count). The van der Waals surface area contributed by atoms with E-state index in [-0.39, 0.29) is 23.9 Å². The molecule has 4 fully saturated rings. The molecule has 1 aromatic carbocycles. The zero-order chi connectivity index (χ0) is 18.7. The molecule has 0 unspecified atom stereocenters. The maximum atomic E-state index is 14.6. The average molecular weight is 372 g/mol. The van der Waals surface area contributed by atoms with E-state index in [1.54, 1.807) is 18.3 Å². The monoisotopic (exact) mass is 372 g/mol. The summed E-state index contributed by atoms with van der Waals surface area (Å²) in [4.78, 5) is 24.6. The molecule has 2 bridgehead atoms. The molecular weight excluding hydrogens is 350 g/mol. The highest BCUT2D eigenvalue weighted by molar-refractivity contribution is 5.91. The van der Waals surface area contributed by atoms with Crippen LogP contribution in [0.4, 0.5) is 8.78 Å². The van der Waals surface area contributed by atoms with E-state index >= 15 is 0 Å². The number of amides is 1. The quantitative estimate of drug-likeness (QED) is 0.882. The Morgan fingerprint density at radius 2 is 2.00 bits per heavy atom. The number of piperidine rings is 3. The molecule has 5 nitrogen and oxygen atoms in total. The number of aryl methyl sites for hydroxylation is 1. The molecule has 1 amide bonds. The number of benzene rings is 1. The molecule has 0 saturated carbocycles. The van der Waals surface area contributed by atoms with Crippen molar-refractivity contribution in [3.05, 3.63) is 53.1 Å². The van der Waals surface area contributed by atoms with E-state index in [2.05, 4.69) is 14.9 Å². The molecule has 4 saturated heterocycles. The number of halogens is 2. The summed E-state index contributed by atoms with van der Waals surface area (Å²) in [6, 6.07) is 4.42. The number of likely N-dealkylation sites (tertiary alicyclic amines) is 1. The number of hydrogen-bond acceptors (Lipinski definition) is 3. The van der Waals surface area contributed by atoms with Gasteiger partial charge in [-0.2, -0.15) is 0 Å². The molecule has 0 radical (unpaired) electrons. The lowest BCUT2D eigenvalue weighted by atomic mass is 9.75. The van der Waals surface area contributed by atoms with Crippen molar-refractivity contribution in [2.75, 3.05) is 19.6 Å². The first-order valence-electron chi connectivity index (χ1n) is 9.55. The Labute approximate surface area is 156 Å². The molecule has 0 aliphatic carbocycles. The lowest BCUT2D eigenvalue weighted by molar-refractivity contribution is -0.00392. The van der Waals surface area contributed by atoms with Crippen molar-refractivity contribution in [2.45, 2.75) is 37.8 Å². The van der Waals surface area contributed by atoms with E-state index in [4.69, 9.17) is 0 Å². The van der Waals surface area contributed by atoms with Gasteiger partial charge in [0.1, 0.15) is 0 Å². The summed E-state index contributed by atoms with van der Waals surface area (Å²) in [5, 5.41) is 0. The third kappa shape index (κ3) is 2.51. The SMILES string of the molecule is Cc1cnc(C(=O)N2C[C@H](c3cccc(F)c3F)[C@@H]3[C@H]2C2CCN3CC2)[nH]1.